The second kappa shape index (κ2) is 2.52. The number of alkyl halides is 1. The van der Waals surface area contributed by atoms with Gasteiger partial charge in [-0.15, -0.1) is 11.6 Å². The fourth-order valence-electron chi connectivity index (χ4n) is 0. The van der Waals surface area contributed by atoms with Crippen LogP contribution in [0.15, 0.2) is 0 Å². The van der Waals surface area contributed by atoms with Crippen LogP contribution in [-0.4, -0.2) is 5.88 Å². The molecule has 5 heavy (non-hydrogen) atoms. The maximum atomic E-state index is 5.27. The first-order chi connectivity index (χ1) is 2.27. The summed E-state index contributed by atoms with van der Waals surface area (Å²) in [7, 11) is 0. The Kier molecular flexibility index (Phi) is 2.67. The van der Waals surface area contributed by atoms with Crippen molar-refractivity contribution in [2.24, 2.45) is 5.92 Å². The second-order valence-corrected chi connectivity index (χ2v) is 1.57. The third-order valence-corrected chi connectivity index (χ3v) is 0.790. The molecule has 1 heteroatoms. The predicted molar refractivity (Wildman–Crippen MR) is 25.2 cm³/mol. The van der Waals surface area contributed by atoms with Gasteiger partial charge in [0.2, 0.25) is 0 Å². The molecule has 0 spiro atoms. The molecular weight excluding hydrogens is 83.5 g/mol. The summed E-state index contributed by atoms with van der Waals surface area (Å²) in [5.41, 5.74) is 0. The van der Waals surface area contributed by atoms with E-state index in [0.717, 1.165) is 0 Å². The van der Waals surface area contributed by atoms with E-state index in [1.54, 1.807) is 0 Å². The van der Waals surface area contributed by atoms with Crippen LogP contribution in [0.25, 0.3) is 0 Å². The van der Waals surface area contributed by atoms with E-state index in [0.29, 0.717) is 11.8 Å². The first kappa shape index (κ1) is 5.29. The topological polar surface area (TPSA) is 0 Å². The summed E-state index contributed by atoms with van der Waals surface area (Å²) in [5, 5.41) is 0. The van der Waals surface area contributed by atoms with Crippen LogP contribution in [0.1, 0.15) is 6.92 Å². The largest absolute Gasteiger partial charge is 0.126 e. The minimum atomic E-state index is 0.400. The number of rotatable bonds is 1. The van der Waals surface area contributed by atoms with Crippen molar-refractivity contribution < 1.29 is 0 Å². The summed E-state index contributed by atoms with van der Waals surface area (Å²) in [6, 6.07) is 0. The van der Waals surface area contributed by atoms with Crippen LogP contribution < -0.4 is 0 Å². The highest BCUT2D eigenvalue weighted by Gasteiger charge is 1.82. The first-order valence-electron chi connectivity index (χ1n) is 1.66. The third kappa shape index (κ3) is 4.29. The standard InChI is InChI=1S/C4H8Cl/c1-4(2)3-5/h4H,1,3H2,2H3/t4-/m0/s1. The molecule has 1 radical (unpaired) electrons. The summed E-state index contributed by atoms with van der Waals surface area (Å²) in [6.45, 7) is 5.60. The fourth-order valence-corrected chi connectivity index (χ4v) is 0. The molecule has 0 aliphatic rings. The Labute approximate surface area is 38.1 Å². The van der Waals surface area contributed by atoms with Gasteiger partial charge < -0.3 is 0 Å². The van der Waals surface area contributed by atoms with Crippen LogP contribution in [0.3, 0.4) is 0 Å². The summed E-state index contributed by atoms with van der Waals surface area (Å²) < 4.78 is 0. The summed E-state index contributed by atoms with van der Waals surface area (Å²) >= 11 is 5.27. The SMILES string of the molecule is [CH2][C@@H](C)CCl. The van der Waals surface area contributed by atoms with E-state index in [2.05, 4.69) is 6.92 Å². The molecule has 0 fully saturated rings. The van der Waals surface area contributed by atoms with E-state index in [1.165, 1.54) is 0 Å². The normalized spacial score (nSPS) is 9.60. The summed E-state index contributed by atoms with van der Waals surface area (Å²) in [5.74, 6) is 1.07. The van der Waals surface area contributed by atoms with Crippen LogP contribution in [-0.2, 0) is 0 Å². The van der Waals surface area contributed by atoms with Gasteiger partial charge in [-0.2, -0.15) is 0 Å². The van der Waals surface area contributed by atoms with Gasteiger partial charge in [0.05, 0.1) is 0 Å². The van der Waals surface area contributed by atoms with Crippen molar-refractivity contribution in [2.75, 3.05) is 5.88 Å². The third-order valence-electron chi connectivity index (χ3n) is 0.263. The van der Waals surface area contributed by atoms with Crippen LogP contribution in [0.4, 0.5) is 0 Å². The Morgan fingerprint density at radius 2 is 2.20 bits per heavy atom. The Morgan fingerprint density at radius 3 is 2.20 bits per heavy atom. The van der Waals surface area contributed by atoms with Crippen molar-refractivity contribution >= 4 is 11.6 Å². The van der Waals surface area contributed by atoms with E-state index in [9.17, 15) is 0 Å². The molecule has 0 aromatic heterocycles. The van der Waals surface area contributed by atoms with Gasteiger partial charge in [0.25, 0.3) is 0 Å². The number of hydrogen-bond donors (Lipinski definition) is 0. The van der Waals surface area contributed by atoms with E-state index in [1.807, 2.05) is 6.92 Å². The Balaban J connectivity index is 2.54. The van der Waals surface area contributed by atoms with Crippen molar-refractivity contribution in [1.82, 2.24) is 0 Å². The maximum absolute atomic E-state index is 5.27. The lowest BCUT2D eigenvalue weighted by molar-refractivity contribution is 0.837. The van der Waals surface area contributed by atoms with Gasteiger partial charge in [-0.1, -0.05) is 6.92 Å². The van der Waals surface area contributed by atoms with Crippen LogP contribution in [0.5, 0.6) is 0 Å². The molecule has 0 aliphatic heterocycles. The van der Waals surface area contributed by atoms with Gasteiger partial charge in [0.1, 0.15) is 0 Å². The lowest BCUT2D eigenvalue weighted by Gasteiger charge is -1.88. The molecular formula is C4H8Cl. The molecule has 1 atom stereocenters. The molecule has 31 valence electrons. The molecule has 0 rings (SSSR count). The van der Waals surface area contributed by atoms with Gasteiger partial charge >= 0.3 is 0 Å². The van der Waals surface area contributed by atoms with Crippen molar-refractivity contribution in [2.45, 2.75) is 6.92 Å². The Hall–Kier alpha value is 0.290. The zero-order chi connectivity index (χ0) is 4.28. The first-order valence-corrected chi connectivity index (χ1v) is 2.20. The molecule has 0 saturated carbocycles. The highest BCUT2D eigenvalue weighted by Crippen LogP contribution is 1.90. The molecule has 0 N–H and O–H groups in total. The zero-order valence-electron chi connectivity index (χ0n) is 3.37. The number of halogens is 1. The van der Waals surface area contributed by atoms with Gasteiger partial charge in [-0.05, 0) is 12.8 Å². The minimum absolute atomic E-state index is 0.400. The Morgan fingerprint density at radius 1 is 2.00 bits per heavy atom. The fraction of sp³-hybridized carbons (Fsp3) is 0.750. The van der Waals surface area contributed by atoms with Crippen molar-refractivity contribution in [3.05, 3.63) is 6.92 Å². The molecule has 0 aliphatic carbocycles. The van der Waals surface area contributed by atoms with Gasteiger partial charge in [0.15, 0.2) is 0 Å². The zero-order valence-corrected chi connectivity index (χ0v) is 4.13. The second-order valence-electron chi connectivity index (χ2n) is 1.26. The molecule has 0 aromatic rings. The monoisotopic (exact) mass is 91.0 g/mol. The molecule has 0 amide bonds. The Bertz CT molecular complexity index is 17.6. The van der Waals surface area contributed by atoms with E-state index >= 15 is 0 Å². The maximum Gasteiger partial charge on any atom is 0.0249 e. The highest BCUT2D eigenvalue weighted by atomic mass is 35.5. The average molecular weight is 91.6 g/mol. The van der Waals surface area contributed by atoms with Gasteiger partial charge in [-0.25, -0.2) is 0 Å². The van der Waals surface area contributed by atoms with Crippen LogP contribution >= 0.6 is 11.6 Å². The summed E-state index contributed by atoms with van der Waals surface area (Å²) in [6.07, 6.45) is 0. The molecule has 0 unspecified atom stereocenters. The van der Waals surface area contributed by atoms with Crippen LogP contribution in [0.2, 0.25) is 0 Å². The quantitative estimate of drug-likeness (QED) is 0.431. The molecule has 0 heterocycles. The van der Waals surface area contributed by atoms with Crippen LogP contribution in [0, 0.1) is 12.8 Å². The van der Waals surface area contributed by atoms with Crippen molar-refractivity contribution in [3.63, 3.8) is 0 Å². The molecule has 0 aromatic carbocycles. The molecule has 0 saturated heterocycles. The van der Waals surface area contributed by atoms with E-state index in [-0.39, 0.29) is 0 Å². The van der Waals surface area contributed by atoms with Gasteiger partial charge in [-0.3, -0.25) is 0 Å². The lowest BCUT2D eigenvalue weighted by atomic mass is 10.3. The average Bonchev–Trinajstić information content (AvgIpc) is 1.38. The van der Waals surface area contributed by atoms with Crippen molar-refractivity contribution in [1.29, 1.82) is 0 Å². The minimum Gasteiger partial charge on any atom is -0.126 e. The summed E-state index contributed by atoms with van der Waals surface area (Å²) in [4.78, 5) is 0. The van der Waals surface area contributed by atoms with Gasteiger partial charge in [0, 0.05) is 5.88 Å². The number of hydrogen-bond acceptors (Lipinski definition) is 0. The lowest BCUT2D eigenvalue weighted by Crippen LogP contribution is -1.83. The highest BCUT2D eigenvalue weighted by molar-refractivity contribution is 6.18. The predicted octanol–water partition coefficient (Wildman–Crippen LogP) is 1.70. The molecule has 0 bridgehead atoms. The van der Waals surface area contributed by atoms with E-state index in [4.69, 9.17) is 11.6 Å². The molecule has 0 nitrogen and oxygen atoms in total. The van der Waals surface area contributed by atoms with E-state index < -0.39 is 0 Å². The van der Waals surface area contributed by atoms with Crippen molar-refractivity contribution in [3.8, 4) is 0 Å². The smallest absolute Gasteiger partial charge is 0.0249 e.